The van der Waals surface area contributed by atoms with Gasteiger partial charge < -0.3 is 10.0 Å². The number of nitrogens with one attached hydrogen (secondary N) is 1. The molecular weight excluding hydrogens is 256 g/mol. The maximum absolute atomic E-state index is 12.2. The molecule has 0 spiro atoms. The van der Waals surface area contributed by atoms with Crippen LogP contribution in [0.5, 0.6) is 0 Å². The van der Waals surface area contributed by atoms with E-state index in [2.05, 4.69) is 19.2 Å². The third-order valence-corrected chi connectivity index (χ3v) is 3.75. The summed E-state index contributed by atoms with van der Waals surface area (Å²) in [6.45, 7) is 5.90. The van der Waals surface area contributed by atoms with E-state index in [4.69, 9.17) is 5.11 Å². The van der Waals surface area contributed by atoms with E-state index in [1.54, 1.807) is 0 Å². The summed E-state index contributed by atoms with van der Waals surface area (Å²) >= 11 is 0. The van der Waals surface area contributed by atoms with E-state index in [1.165, 1.54) is 0 Å². The maximum atomic E-state index is 12.2. The van der Waals surface area contributed by atoms with Gasteiger partial charge in [-0.15, -0.1) is 0 Å². The summed E-state index contributed by atoms with van der Waals surface area (Å²) in [6.07, 6.45) is 6.02. The monoisotopic (exact) mass is 284 g/mol. The molecule has 0 aliphatic heterocycles. The Labute approximate surface area is 121 Å². The molecule has 5 heteroatoms. The standard InChI is InChI=1S/C15H28N2O3/c1-3-5-9-17(10-6-4-2)13(18)11-16-14(15(19)20)12-7-8-12/h12,14,16H,3-11H2,1-2H3,(H,19,20). The van der Waals surface area contributed by atoms with Crippen molar-refractivity contribution in [2.45, 2.75) is 58.4 Å². The minimum atomic E-state index is -0.839. The van der Waals surface area contributed by atoms with Crippen molar-refractivity contribution in [1.82, 2.24) is 10.2 Å². The van der Waals surface area contributed by atoms with Gasteiger partial charge in [0.05, 0.1) is 6.54 Å². The first-order chi connectivity index (χ1) is 9.60. The van der Waals surface area contributed by atoms with Gasteiger partial charge in [-0.1, -0.05) is 26.7 Å². The van der Waals surface area contributed by atoms with E-state index in [0.29, 0.717) is 0 Å². The lowest BCUT2D eigenvalue weighted by Gasteiger charge is -2.23. The number of carboxylic acid groups (broad SMARTS) is 1. The zero-order valence-corrected chi connectivity index (χ0v) is 12.7. The summed E-state index contributed by atoms with van der Waals surface area (Å²) in [5.74, 6) is -0.604. The van der Waals surface area contributed by atoms with Crippen LogP contribution in [0.2, 0.25) is 0 Å². The first-order valence-corrected chi connectivity index (χ1v) is 7.84. The average Bonchev–Trinajstić information content (AvgIpc) is 3.23. The fourth-order valence-corrected chi connectivity index (χ4v) is 2.25. The lowest BCUT2D eigenvalue weighted by atomic mass is 10.2. The van der Waals surface area contributed by atoms with E-state index in [1.807, 2.05) is 4.90 Å². The van der Waals surface area contributed by atoms with E-state index in [-0.39, 0.29) is 18.4 Å². The zero-order valence-electron chi connectivity index (χ0n) is 12.7. The summed E-state index contributed by atoms with van der Waals surface area (Å²) in [6, 6.07) is -0.557. The predicted molar refractivity (Wildman–Crippen MR) is 78.5 cm³/mol. The minimum absolute atomic E-state index is 0.0267. The Bertz CT molecular complexity index is 308. The quantitative estimate of drug-likeness (QED) is 0.607. The molecule has 1 atom stereocenters. The van der Waals surface area contributed by atoms with Crippen LogP contribution in [0.3, 0.4) is 0 Å². The Kier molecular flexibility index (Phi) is 7.59. The highest BCUT2D eigenvalue weighted by Crippen LogP contribution is 2.32. The number of carbonyl (C=O) groups is 2. The molecule has 1 unspecified atom stereocenters. The smallest absolute Gasteiger partial charge is 0.320 e. The van der Waals surface area contributed by atoms with Gasteiger partial charge in [0.1, 0.15) is 6.04 Å². The van der Waals surface area contributed by atoms with Crippen molar-refractivity contribution in [3.63, 3.8) is 0 Å². The molecule has 0 aromatic carbocycles. The molecule has 1 aliphatic carbocycles. The van der Waals surface area contributed by atoms with Crippen LogP contribution in [0.25, 0.3) is 0 Å². The first-order valence-electron chi connectivity index (χ1n) is 7.84. The highest BCUT2D eigenvalue weighted by Gasteiger charge is 2.36. The number of amides is 1. The molecule has 0 saturated heterocycles. The molecule has 0 aromatic rings. The van der Waals surface area contributed by atoms with Crippen LogP contribution in [0, 0.1) is 5.92 Å². The normalized spacial score (nSPS) is 15.9. The van der Waals surface area contributed by atoms with Crippen molar-refractivity contribution in [3.05, 3.63) is 0 Å². The molecule has 0 aromatic heterocycles. The van der Waals surface area contributed by atoms with Gasteiger partial charge in [-0.05, 0) is 31.6 Å². The SMILES string of the molecule is CCCCN(CCCC)C(=O)CNC(C(=O)O)C1CC1. The van der Waals surface area contributed by atoms with Crippen LogP contribution in [0.1, 0.15) is 52.4 Å². The van der Waals surface area contributed by atoms with Gasteiger partial charge in [0.15, 0.2) is 0 Å². The van der Waals surface area contributed by atoms with Gasteiger partial charge in [0, 0.05) is 13.1 Å². The number of carboxylic acids is 1. The van der Waals surface area contributed by atoms with Crippen LogP contribution in [0.4, 0.5) is 0 Å². The number of hydrogen-bond donors (Lipinski definition) is 2. The fraction of sp³-hybridized carbons (Fsp3) is 0.867. The van der Waals surface area contributed by atoms with E-state index < -0.39 is 12.0 Å². The molecule has 1 amide bonds. The van der Waals surface area contributed by atoms with Crippen molar-refractivity contribution in [3.8, 4) is 0 Å². The van der Waals surface area contributed by atoms with Crippen molar-refractivity contribution in [1.29, 1.82) is 0 Å². The van der Waals surface area contributed by atoms with Crippen molar-refractivity contribution in [2.75, 3.05) is 19.6 Å². The van der Waals surface area contributed by atoms with Crippen molar-refractivity contribution < 1.29 is 14.7 Å². The maximum Gasteiger partial charge on any atom is 0.320 e. The van der Waals surface area contributed by atoms with Crippen LogP contribution < -0.4 is 5.32 Å². The topological polar surface area (TPSA) is 69.6 Å². The Morgan fingerprint density at radius 2 is 1.75 bits per heavy atom. The lowest BCUT2D eigenvalue weighted by molar-refractivity contribution is -0.140. The predicted octanol–water partition coefficient (Wildman–Crippen LogP) is 1.87. The number of rotatable bonds is 11. The van der Waals surface area contributed by atoms with Crippen molar-refractivity contribution in [2.24, 2.45) is 5.92 Å². The highest BCUT2D eigenvalue weighted by atomic mass is 16.4. The molecule has 0 heterocycles. The van der Waals surface area contributed by atoms with Gasteiger partial charge in [0.25, 0.3) is 0 Å². The first kappa shape index (κ1) is 17.0. The molecule has 1 rings (SSSR count). The summed E-state index contributed by atoms with van der Waals surface area (Å²) in [7, 11) is 0. The van der Waals surface area contributed by atoms with Gasteiger partial charge in [0.2, 0.25) is 5.91 Å². The third-order valence-electron chi connectivity index (χ3n) is 3.75. The fourth-order valence-electron chi connectivity index (χ4n) is 2.25. The Morgan fingerprint density at radius 3 is 2.15 bits per heavy atom. The third kappa shape index (κ3) is 5.90. The van der Waals surface area contributed by atoms with Crippen LogP contribution in [0.15, 0.2) is 0 Å². The molecule has 5 nitrogen and oxygen atoms in total. The molecule has 0 bridgehead atoms. The Morgan fingerprint density at radius 1 is 1.20 bits per heavy atom. The van der Waals surface area contributed by atoms with E-state index in [0.717, 1.165) is 51.6 Å². The summed E-state index contributed by atoms with van der Waals surface area (Å²) in [5, 5.41) is 12.1. The summed E-state index contributed by atoms with van der Waals surface area (Å²) in [5.41, 5.74) is 0. The molecular formula is C15H28N2O3. The molecule has 0 radical (unpaired) electrons. The number of unbranched alkanes of at least 4 members (excludes halogenated alkanes) is 2. The van der Waals surface area contributed by atoms with E-state index in [9.17, 15) is 9.59 Å². The van der Waals surface area contributed by atoms with Crippen LogP contribution >= 0.6 is 0 Å². The number of aliphatic carboxylic acids is 1. The Hall–Kier alpha value is -1.10. The largest absolute Gasteiger partial charge is 0.480 e. The van der Waals surface area contributed by atoms with Gasteiger partial charge in [-0.25, -0.2) is 0 Å². The van der Waals surface area contributed by atoms with E-state index >= 15 is 0 Å². The minimum Gasteiger partial charge on any atom is -0.480 e. The second-order valence-electron chi connectivity index (χ2n) is 5.62. The zero-order chi connectivity index (χ0) is 15.0. The van der Waals surface area contributed by atoms with Gasteiger partial charge >= 0.3 is 5.97 Å². The second-order valence-corrected chi connectivity index (χ2v) is 5.62. The Balaban J connectivity index is 2.40. The van der Waals surface area contributed by atoms with Gasteiger partial charge in [-0.2, -0.15) is 0 Å². The number of hydrogen-bond acceptors (Lipinski definition) is 3. The molecule has 1 fully saturated rings. The number of nitrogens with zero attached hydrogens (tertiary/aromatic N) is 1. The number of carbonyl (C=O) groups excluding carboxylic acids is 1. The van der Waals surface area contributed by atoms with Crippen LogP contribution in [-0.2, 0) is 9.59 Å². The summed E-state index contributed by atoms with van der Waals surface area (Å²) < 4.78 is 0. The van der Waals surface area contributed by atoms with Crippen molar-refractivity contribution >= 4 is 11.9 Å². The second kappa shape index (κ2) is 8.95. The molecule has 20 heavy (non-hydrogen) atoms. The average molecular weight is 284 g/mol. The van der Waals surface area contributed by atoms with Crippen LogP contribution in [-0.4, -0.2) is 47.6 Å². The highest BCUT2D eigenvalue weighted by molar-refractivity contribution is 5.80. The molecule has 116 valence electrons. The summed E-state index contributed by atoms with van der Waals surface area (Å²) in [4.78, 5) is 25.2. The molecule has 1 saturated carbocycles. The lowest BCUT2D eigenvalue weighted by Crippen LogP contribution is -2.46. The van der Waals surface area contributed by atoms with Gasteiger partial charge in [-0.3, -0.25) is 14.9 Å². The molecule has 1 aliphatic rings. The molecule has 2 N–H and O–H groups in total.